The van der Waals surface area contributed by atoms with E-state index in [0.717, 1.165) is 0 Å². The fourth-order valence-electron chi connectivity index (χ4n) is 5.82. The lowest BCUT2D eigenvalue weighted by Gasteiger charge is -2.47. The first-order valence-electron chi connectivity index (χ1n) is 12.5. The second kappa shape index (κ2) is 9.95. The number of phenolic OH excluding ortho intramolecular Hbond substituents is 2. The van der Waals surface area contributed by atoms with E-state index in [1.807, 2.05) is 0 Å². The van der Waals surface area contributed by atoms with E-state index in [4.69, 9.17) is 11.5 Å². The van der Waals surface area contributed by atoms with Crippen LogP contribution in [0, 0.1) is 12.8 Å². The van der Waals surface area contributed by atoms with E-state index in [0.29, 0.717) is 35.9 Å². The second-order valence-corrected chi connectivity index (χ2v) is 10.3. The molecule has 0 radical (unpaired) electrons. The quantitative estimate of drug-likeness (QED) is 0.147. The first-order valence-corrected chi connectivity index (χ1v) is 12.5. The number of amides is 2. The Bertz CT molecular complexity index is 1460. The van der Waals surface area contributed by atoms with Gasteiger partial charge in [0.05, 0.1) is 22.7 Å². The lowest BCUT2D eigenvalue weighted by Crippen LogP contribution is -2.64. The summed E-state index contributed by atoms with van der Waals surface area (Å²) in [7, 11) is 3.05. The topological polar surface area (TPSA) is 217 Å². The van der Waals surface area contributed by atoms with Crippen LogP contribution in [0.4, 0.5) is 5.69 Å². The fraction of sp³-hybridized carbons (Fsp3) is 0.407. The van der Waals surface area contributed by atoms with E-state index in [2.05, 4.69) is 5.32 Å². The van der Waals surface area contributed by atoms with Crippen molar-refractivity contribution in [2.24, 2.45) is 17.4 Å². The van der Waals surface area contributed by atoms with Crippen molar-refractivity contribution in [3.63, 3.8) is 0 Å². The van der Waals surface area contributed by atoms with Crippen LogP contribution in [0.2, 0.25) is 0 Å². The highest BCUT2D eigenvalue weighted by Crippen LogP contribution is 2.51. The Morgan fingerprint density at radius 1 is 1.13 bits per heavy atom. The summed E-state index contributed by atoms with van der Waals surface area (Å²) in [6.45, 7) is 2.09. The summed E-state index contributed by atoms with van der Waals surface area (Å²) in [6.07, 6.45) is 1.23. The molecule has 0 saturated carbocycles. The Morgan fingerprint density at radius 2 is 1.79 bits per heavy atom. The molecular weight excluding hydrogens is 508 g/mol. The average molecular weight is 541 g/mol. The molecule has 2 aliphatic carbocycles. The van der Waals surface area contributed by atoms with E-state index >= 15 is 0 Å². The maximum absolute atomic E-state index is 13.9. The smallest absolute Gasteiger partial charge is 0.255 e. The van der Waals surface area contributed by atoms with Gasteiger partial charge in [0.25, 0.3) is 5.91 Å². The maximum atomic E-state index is 13.9. The summed E-state index contributed by atoms with van der Waals surface area (Å²) in [5.41, 5.74) is 7.58. The number of benzene rings is 2. The number of fused-ring (bicyclic) bond motifs is 3. The number of phenols is 2. The summed E-state index contributed by atoms with van der Waals surface area (Å²) in [6, 6.07) is 1.86. The van der Waals surface area contributed by atoms with Crippen molar-refractivity contribution in [2.75, 3.05) is 26.0 Å². The van der Waals surface area contributed by atoms with E-state index in [1.54, 1.807) is 13.0 Å². The monoisotopic (exact) mass is 540 g/mol. The van der Waals surface area contributed by atoms with Gasteiger partial charge in [0, 0.05) is 12.3 Å². The van der Waals surface area contributed by atoms with Crippen LogP contribution in [0.5, 0.6) is 11.5 Å². The number of aliphatic hydroxyl groups excluding tert-OH is 1. The zero-order valence-electron chi connectivity index (χ0n) is 21.9. The molecule has 0 heterocycles. The third-order valence-electron chi connectivity index (χ3n) is 7.77. The molecule has 4 rings (SSSR count). The molecule has 2 aliphatic rings. The molecule has 0 unspecified atom stereocenters. The number of rotatable bonds is 7. The number of hydrogen-bond acceptors (Lipinski definition) is 10. The molecule has 0 aromatic heterocycles. The number of nitrogens with one attached hydrogen (secondary N) is 1. The zero-order chi connectivity index (χ0) is 29.0. The Balaban J connectivity index is 1.93. The van der Waals surface area contributed by atoms with Gasteiger partial charge in [0.1, 0.15) is 17.1 Å². The number of nitrogens with two attached hydrogens (primary N) is 2. The fourth-order valence-corrected chi connectivity index (χ4v) is 5.82. The van der Waals surface area contributed by atoms with Crippen LogP contribution in [0.3, 0.4) is 0 Å². The van der Waals surface area contributed by atoms with E-state index < -0.39 is 57.9 Å². The molecule has 2 amide bonds. The number of anilines is 1. The van der Waals surface area contributed by atoms with Gasteiger partial charge in [-0.2, -0.15) is 0 Å². The van der Waals surface area contributed by atoms with Crippen molar-refractivity contribution in [3.8, 4) is 11.5 Å². The van der Waals surface area contributed by atoms with Crippen LogP contribution in [-0.2, 0) is 20.8 Å². The minimum absolute atomic E-state index is 0.00411. The zero-order valence-corrected chi connectivity index (χ0v) is 21.9. The van der Waals surface area contributed by atoms with Gasteiger partial charge in [-0.15, -0.1) is 0 Å². The number of hydrogen-bond donors (Lipinski definition) is 7. The predicted octanol–water partition coefficient (Wildman–Crippen LogP) is 0.523. The number of aromatic hydroxyl groups is 2. The lowest BCUT2D eigenvalue weighted by molar-refractivity contribution is -0.132. The number of aliphatic hydroxyl groups is 2. The molecule has 0 bridgehead atoms. The van der Waals surface area contributed by atoms with E-state index in [-0.39, 0.29) is 35.4 Å². The van der Waals surface area contributed by atoms with Crippen molar-refractivity contribution < 1.29 is 39.6 Å². The number of unbranched alkanes of at least 4 members (excludes halogenated alkanes) is 1. The van der Waals surface area contributed by atoms with Crippen LogP contribution >= 0.6 is 0 Å². The van der Waals surface area contributed by atoms with E-state index in [1.165, 1.54) is 25.1 Å². The van der Waals surface area contributed by atoms with Crippen LogP contribution < -0.4 is 16.8 Å². The van der Waals surface area contributed by atoms with Crippen LogP contribution in [0.15, 0.2) is 23.5 Å². The molecule has 208 valence electrons. The number of nitrogens with zero attached hydrogens (tertiary/aromatic N) is 1. The molecular formula is C27H32N4O8. The highest BCUT2D eigenvalue weighted by atomic mass is 16.3. The number of Topliss-reactive ketones (excluding diaryl/α,β-unsaturated/α-hetero) is 2. The van der Waals surface area contributed by atoms with Gasteiger partial charge in [-0.25, -0.2) is 0 Å². The van der Waals surface area contributed by atoms with Gasteiger partial charge in [-0.1, -0.05) is 6.07 Å². The van der Waals surface area contributed by atoms with Crippen LogP contribution in [0.25, 0.3) is 10.8 Å². The predicted molar refractivity (Wildman–Crippen MR) is 141 cm³/mol. The SMILES string of the molecule is Cc1c2c(c(O)c3c(O)c(NC(=O)CCCCN)ccc13)C(=O)[C@]1(O)C(O)=C(C(N)=O)C(=O)[C@@H](N(C)C)[C@@H]1C2. The summed E-state index contributed by atoms with van der Waals surface area (Å²) >= 11 is 0. The van der Waals surface area contributed by atoms with Gasteiger partial charge < -0.3 is 37.2 Å². The number of likely N-dealkylation sites (N-methyl/N-ethyl adjacent to an activating group) is 1. The van der Waals surface area contributed by atoms with Gasteiger partial charge in [-0.3, -0.25) is 24.1 Å². The van der Waals surface area contributed by atoms with Gasteiger partial charge in [-0.05, 0) is 69.4 Å². The summed E-state index contributed by atoms with van der Waals surface area (Å²) < 4.78 is 0. The van der Waals surface area contributed by atoms with Crippen molar-refractivity contribution in [1.82, 2.24) is 4.90 Å². The molecule has 0 saturated heterocycles. The van der Waals surface area contributed by atoms with Gasteiger partial charge >= 0.3 is 0 Å². The Labute approximate surface area is 223 Å². The van der Waals surface area contributed by atoms with Gasteiger partial charge in [0.15, 0.2) is 17.1 Å². The summed E-state index contributed by atoms with van der Waals surface area (Å²) in [4.78, 5) is 52.9. The Morgan fingerprint density at radius 3 is 2.38 bits per heavy atom. The van der Waals surface area contributed by atoms with Crippen molar-refractivity contribution in [3.05, 3.63) is 40.2 Å². The number of carbonyl (C=O) groups is 4. The van der Waals surface area contributed by atoms with Gasteiger partial charge in [0.2, 0.25) is 11.7 Å². The second-order valence-electron chi connectivity index (χ2n) is 10.3. The molecule has 9 N–H and O–H groups in total. The number of primary amides is 1. The minimum atomic E-state index is -2.75. The summed E-state index contributed by atoms with van der Waals surface area (Å²) in [5.74, 6) is -7.21. The third kappa shape index (κ3) is 4.11. The first kappa shape index (κ1) is 28.0. The van der Waals surface area contributed by atoms with Crippen LogP contribution in [-0.4, -0.2) is 81.0 Å². The first-order chi connectivity index (χ1) is 18.3. The largest absolute Gasteiger partial charge is 0.508 e. The van der Waals surface area contributed by atoms with Crippen molar-refractivity contribution in [1.29, 1.82) is 0 Å². The lowest BCUT2D eigenvalue weighted by atomic mass is 9.61. The van der Waals surface area contributed by atoms with Crippen molar-refractivity contribution >= 4 is 39.8 Å². The molecule has 0 spiro atoms. The van der Waals surface area contributed by atoms with Crippen LogP contribution in [0.1, 0.15) is 40.7 Å². The molecule has 0 aliphatic heterocycles. The minimum Gasteiger partial charge on any atom is -0.508 e. The molecule has 39 heavy (non-hydrogen) atoms. The Kier molecular flexibility index (Phi) is 7.15. The molecule has 12 heteroatoms. The highest BCUT2D eigenvalue weighted by molar-refractivity contribution is 6.25. The third-order valence-corrected chi connectivity index (χ3v) is 7.77. The average Bonchev–Trinajstić information content (AvgIpc) is 2.85. The molecule has 0 fully saturated rings. The number of aryl methyl sites for hydroxylation is 1. The Hall–Kier alpha value is -4.00. The molecule has 3 atom stereocenters. The van der Waals surface area contributed by atoms with E-state index in [9.17, 15) is 39.6 Å². The van der Waals surface area contributed by atoms with Crippen molar-refractivity contribution in [2.45, 2.75) is 44.2 Å². The molecule has 2 aromatic rings. The molecule has 12 nitrogen and oxygen atoms in total. The standard InChI is InChI=1S/C27H32N4O8/c1-11-12-7-8-15(30-16(32)6-4-5-9-28)21(33)17(12)22(34)18-13(11)10-14-20(31(2)3)23(35)19(26(29)38)25(37)27(14,39)24(18)36/h7-8,14,20,33-34,37,39H,4-6,9-10,28H2,1-3H3,(H2,29,38)(H,30,32)/t14-,20-,27-/m0/s1. The number of carbonyl (C=O) groups excluding carboxylic acids is 4. The summed E-state index contributed by atoms with van der Waals surface area (Å²) in [5, 5.41) is 47.7. The maximum Gasteiger partial charge on any atom is 0.255 e. The molecule has 2 aromatic carbocycles. The normalized spacial score (nSPS) is 22.7. The number of ketones is 2. The highest BCUT2D eigenvalue weighted by Gasteiger charge is 2.62.